The van der Waals surface area contributed by atoms with E-state index in [0.717, 1.165) is 33.0 Å². The Kier molecular flexibility index (Phi) is 2.71. The molecular formula is C22H11NO2. The van der Waals surface area contributed by atoms with Crippen molar-refractivity contribution in [2.24, 2.45) is 0 Å². The molecule has 0 radical (unpaired) electrons. The van der Waals surface area contributed by atoms with Crippen molar-refractivity contribution in [1.29, 1.82) is 5.26 Å². The highest BCUT2D eigenvalue weighted by Crippen LogP contribution is 2.43. The van der Waals surface area contributed by atoms with Crippen LogP contribution in [0.1, 0.15) is 5.56 Å². The summed E-state index contributed by atoms with van der Waals surface area (Å²) in [6, 6.07) is 23.0. The van der Waals surface area contributed by atoms with Crippen LogP contribution in [0.4, 0.5) is 0 Å². The number of nitriles is 1. The monoisotopic (exact) mass is 321 g/mol. The van der Waals surface area contributed by atoms with Crippen molar-refractivity contribution in [3.05, 3.63) is 82.5 Å². The van der Waals surface area contributed by atoms with Crippen LogP contribution < -0.4 is 5.43 Å². The number of hydrogen-bond donors (Lipinski definition) is 0. The number of rotatable bonds is 1. The zero-order chi connectivity index (χ0) is 17.0. The van der Waals surface area contributed by atoms with E-state index in [0.29, 0.717) is 11.1 Å². The van der Waals surface area contributed by atoms with E-state index >= 15 is 0 Å². The van der Waals surface area contributed by atoms with Gasteiger partial charge in [-0.3, -0.25) is 4.79 Å². The van der Waals surface area contributed by atoms with Crippen LogP contribution in [0.25, 0.3) is 44.2 Å². The molecule has 5 rings (SSSR count). The molecule has 2 aliphatic rings. The van der Waals surface area contributed by atoms with Gasteiger partial charge >= 0.3 is 0 Å². The molecule has 1 aliphatic carbocycles. The van der Waals surface area contributed by atoms with Crippen molar-refractivity contribution in [3.8, 4) is 28.5 Å². The Morgan fingerprint density at radius 3 is 2.56 bits per heavy atom. The molecule has 3 nitrogen and oxygen atoms in total. The van der Waals surface area contributed by atoms with Crippen molar-refractivity contribution in [1.82, 2.24) is 0 Å². The Bertz CT molecular complexity index is 1310. The fraction of sp³-hybridized carbons (Fsp3) is 0. The molecule has 3 heteroatoms. The molecule has 0 aromatic heterocycles. The van der Waals surface area contributed by atoms with E-state index in [4.69, 9.17) is 4.42 Å². The van der Waals surface area contributed by atoms with E-state index in [1.165, 1.54) is 0 Å². The lowest BCUT2D eigenvalue weighted by atomic mass is 9.88. The van der Waals surface area contributed by atoms with Gasteiger partial charge in [0.1, 0.15) is 23.0 Å². The molecule has 1 heterocycles. The van der Waals surface area contributed by atoms with Crippen LogP contribution in [-0.2, 0) is 0 Å². The minimum atomic E-state index is -0.229. The summed E-state index contributed by atoms with van der Waals surface area (Å²) in [7, 11) is 0. The number of nitrogens with zero attached hydrogens (tertiary/aromatic N) is 1. The van der Waals surface area contributed by atoms with Crippen LogP contribution in [0, 0.1) is 11.3 Å². The van der Waals surface area contributed by atoms with E-state index in [-0.39, 0.29) is 11.0 Å². The Balaban J connectivity index is 2.09. The average Bonchev–Trinajstić information content (AvgIpc) is 2.67. The van der Waals surface area contributed by atoms with Gasteiger partial charge in [0.25, 0.3) is 0 Å². The predicted molar refractivity (Wildman–Crippen MR) is 97.9 cm³/mol. The fourth-order valence-corrected chi connectivity index (χ4v) is 3.56. The molecule has 0 atom stereocenters. The molecule has 0 saturated heterocycles. The van der Waals surface area contributed by atoms with E-state index in [9.17, 15) is 10.1 Å². The lowest BCUT2D eigenvalue weighted by Gasteiger charge is -2.18. The second-order valence-corrected chi connectivity index (χ2v) is 6.05. The summed E-state index contributed by atoms with van der Waals surface area (Å²) in [5, 5.41) is 11.9. The van der Waals surface area contributed by atoms with Crippen LogP contribution >= 0.6 is 0 Å². The molecule has 1 aliphatic heterocycles. The molecule has 0 spiro atoms. The summed E-state index contributed by atoms with van der Waals surface area (Å²) in [5.74, 6) is 0.674. The highest BCUT2D eigenvalue weighted by atomic mass is 16.3. The Hall–Kier alpha value is -3.64. The second kappa shape index (κ2) is 4.93. The standard InChI is InChI=1S/C22H11NO2/c23-12-15-11-17-20-16(21(15)24)10-9-13-7-4-8-18(19(13)20)25-22(17)14-5-2-1-3-6-14/h1-11H. The molecule has 3 aromatic carbocycles. The van der Waals surface area contributed by atoms with Gasteiger partial charge in [0.15, 0.2) is 0 Å². The van der Waals surface area contributed by atoms with Crippen LogP contribution in [0.15, 0.2) is 75.9 Å². The fourth-order valence-electron chi connectivity index (χ4n) is 3.56. The smallest absolute Gasteiger partial charge is 0.204 e. The Morgan fingerprint density at radius 2 is 1.76 bits per heavy atom. The first kappa shape index (κ1) is 13.8. The summed E-state index contributed by atoms with van der Waals surface area (Å²) in [5.41, 5.74) is 3.21. The van der Waals surface area contributed by atoms with Crippen LogP contribution in [0.5, 0.6) is 0 Å². The summed E-state index contributed by atoms with van der Waals surface area (Å²) in [6.07, 6.45) is 0. The summed E-state index contributed by atoms with van der Waals surface area (Å²) in [4.78, 5) is 12.7. The first-order valence-electron chi connectivity index (χ1n) is 7.98. The average molecular weight is 321 g/mol. The van der Waals surface area contributed by atoms with E-state index in [2.05, 4.69) is 0 Å². The first-order valence-corrected chi connectivity index (χ1v) is 7.98. The SMILES string of the molecule is N#Cc1cc2c(-c3ccccc3)oc3cccc4ccc(c-2c43)c1=O. The van der Waals surface area contributed by atoms with Crippen molar-refractivity contribution in [2.75, 3.05) is 0 Å². The van der Waals surface area contributed by atoms with Gasteiger partial charge in [-0.2, -0.15) is 5.26 Å². The molecule has 0 saturated carbocycles. The van der Waals surface area contributed by atoms with Gasteiger partial charge in [0, 0.05) is 27.5 Å². The molecule has 25 heavy (non-hydrogen) atoms. The summed E-state index contributed by atoms with van der Waals surface area (Å²) >= 11 is 0. The van der Waals surface area contributed by atoms with Gasteiger partial charge < -0.3 is 4.42 Å². The van der Waals surface area contributed by atoms with Gasteiger partial charge in [-0.05, 0) is 23.6 Å². The third kappa shape index (κ3) is 1.82. The largest absolute Gasteiger partial charge is 0.455 e. The minimum Gasteiger partial charge on any atom is -0.455 e. The van der Waals surface area contributed by atoms with Crippen molar-refractivity contribution >= 4 is 21.7 Å². The minimum absolute atomic E-state index is 0.137. The van der Waals surface area contributed by atoms with Crippen LogP contribution in [0.2, 0.25) is 0 Å². The van der Waals surface area contributed by atoms with Gasteiger partial charge in [0.05, 0.1) is 0 Å². The van der Waals surface area contributed by atoms with Crippen molar-refractivity contribution in [3.63, 3.8) is 0 Å². The van der Waals surface area contributed by atoms with Crippen LogP contribution in [-0.4, -0.2) is 0 Å². The maximum absolute atomic E-state index is 12.7. The quantitative estimate of drug-likeness (QED) is 0.407. The Morgan fingerprint density at radius 1 is 0.920 bits per heavy atom. The highest BCUT2D eigenvalue weighted by molar-refractivity contribution is 6.15. The highest BCUT2D eigenvalue weighted by Gasteiger charge is 2.23. The van der Waals surface area contributed by atoms with Gasteiger partial charge in [0.2, 0.25) is 5.43 Å². The molecular weight excluding hydrogens is 310 g/mol. The zero-order valence-corrected chi connectivity index (χ0v) is 13.1. The second-order valence-electron chi connectivity index (χ2n) is 6.05. The topological polar surface area (TPSA) is 54.0 Å². The molecule has 0 fully saturated rings. The number of benzene rings is 4. The van der Waals surface area contributed by atoms with Crippen LogP contribution in [0.3, 0.4) is 0 Å². The van der Waals surface area contributed by atoms with Gasteiger partial charge in [-0.25, -0.2) is 0 Å². The Labute approximate surface area is 143 Å². The molecule has 3 aromatic rings. The zero-order valence-electron chi connectivity index (χ0n) is 13.1. The van der Waals surface area contributed by atoms with Crippen molar-refractivity contribution < 1.29 is 4.42 Å². The third-order valence-electron chi connectivity index (χ3n) is 4.67. The van der Waals surface area contributed by atoms with Crippen molar-refractivity contribution in [2.45, 2.75) is 0 Å². The lowest BCUT2D eigenvalue weighted by molar-refractivity contribution is 0.622. The van der Waals surface area contributed by atoms with E-state index in [1.807, 2.05) is 66.7 Å². The normalized spacial score (nSPS) is 11.3. The molecule has 0 N–H and O–H groups in total. The molecule has 116 valence electrons. The summed E-state index contributed by atoms with van der Waals surface area (Å²) in [6.45, 7) is 0. The predicted octanol–water partition coefficient (Wildman–Crippen LogP) is 5.03. The van der Waals surface area contributed by atoms with Gasteiger partial charge in [-0.1, -0.05) is 48.5 Å². The number of hydrogen-bond acceptors (Lipinski definition) is 3. The van der Waals surface area contributed by atoms with E-state index < -0.39 is 0 Å². The first-order chi connectivity index (χ1) is 12.3. The third-order valence-corrected chi connectivity index (χ3v) is 4.67. The lowest BCUT2D eigenvalue weighted by Crippen LogP contribution is -2.09. The summed E-state index contributed by atoms with van der Waals surface area (Å²) < 4.78 is 6.22. The molecule has 0 bridgehead atoms. The maximum Gasteiger partial charge on any atom is 0.204 e. The van der Waals surface area contributed by atoms with Gasteiger partial charge in [-0.15, -0.1) is 0 Å². The maximum atomic E-state index is 12.7. The molecule has 0 amide bonds. The molecule has 0 unspecified atom stereocenters. The van der Waals surface area contributed by atoms with E-state index in [1.54, 1.807) is 6.07 Å².